The van der Waals surface area contributed by atoms with Crippen molar-refractivity contribution in [2.45, 2.75) is 78.1 Å². The topological polar surface area (TPSA) is 314 Å². The van der Waals surface area contributed by atoms with Crippen LogP contribution in [0.3, 0.4) is 0 Å². The first-order chi connectivity index (χ1) is 25.5. The molecule has 19 nitrogen and oxygen atoms in total. The Labute approximate surface area is 318 Å². The number of carbonyl (C=O) groups is 6. The molecule has 2 rings (SSSR count). The zero-order chi connectivity index (χ0) is 40.4. The smallest absolute Gasteiger partial charge is 0.325 e. The number of nitrogen functional groups attached to an aromatic ring is 1. The molecular formula is C34H51ClN12O7. The van der Waals surface area contributed by atoms with Gasteiger partial charge in [-0.15, -0.1) is 0 Å². The number of nitrogens with zero attached hydrogens (tertiary/aromatic N) is 3. The van der Waals surface area contributed by atoms with Crippen LogP contribution in [-0.2, 0) is 35.3 Å². The second-order valence-corrected chi connectivity index (χ2v) is 13.3. The monoisotopic (exact) mass is 774 g/mol. The van der Waals surface area contributed by atoms with Crippen LogP contribution >= 0.6 is 11.6 Å². The minimum atomic E-state index is -1.08. The van der Waals surface area contributed by atoms with Crippen molar-refractivity contribution >= 4 is 64.7 Å². The van der Waals surface area contributed by atoms with E-state index in [0.29, 0.717) is 19.4 Å². The molecule has 0 radical (unpaired) electrons. The summed E-state index contributed by atoms with van der Waals surface area (Å²) >= 11 is 6.27. The predicted octanol–water partition coefficient (Wildman–Crippen LogP) is -0.317. The number of amides is 5. The third-order valence-corrected chi connectivity index (χ3v) is 7.83. The summed E-state index contributed by atoms with van der Waals surface area (Å²) in [7, 11) is 0. The van der Waals surface area contributed by atoms with E-state index in [1.807, 2.05) is 19.9 Å². The van der Waals surface area contributed by atoms with E-state index in [-0.39, 0.29) is 48.1 Å². The van der Waals surface area contributed by atoms with Crippen LogP contribution in [0.4, 0.5) is 11.6 Å². The Hall–Kier alpha value is -5.56. The van der Waals surface area contributed by atoms with Gasteiger partial charge in [0.2, 0.25) is 23.6 Å². The second-order valence-electron chi connectivity index (χ2n) is 13.0. The van der Waals surface area contributed by atoms with Gasteiger partial charge < -0.3 is 54.3 Å². The predicted molar refractivity (Wildman–Crippen MR) is 202 cm³/mol. The normalized spacial score (nSPS) is 12.5. The quantitative estimate of drug-likeness (QED) is 0.0340. The molecule has 0 aliphatic heterocycles. The van der Waals surface area contributed by atoms with Gasteiger partial charge in [-0.2, -0.15) is 4.99 Å². The molecule has 5 amide bonds. The van der Waals surface area contributed by atoms with Crippen LogP contribution in [0.5, 0.6) is 0 Å². The molecule has 3 atom stereocenters. The molecule has 1 aromatic carbocycles. The van der Waals surface area contributed by atoms with E-state index in [1.165, 1.54) is 0 Å². The largest absolute Gasteiger partial charge is 0.460 e. The maximum atomic E-state index is 13.7. The number of aliphatic imine (C=N–C) groups is 1. The number of halogens is 1. The number of benzene rings is 1. The first-order valence-electron chi connectivity index (χ1n) is 17.3. The molecule has 0 bridgehead atoms. The van der Waals surface area contributed by atoms with E-state index in [1.54, 1.807) is 38.1 Å². The number of hydrogen-bond acceptors (Lipinski definition) is 12. The van der Waals surface area contributed by atoms with Crippen LogP contribution in [-0.4, -0.2) is 89.2 Å². The maximum absolute atomic E-state index is 13.7. The van der Waals surface area contributed by atoms with E-state index in [0.717, 1.165) is 5.56 Å². The van der Waals surface area contributed by atoms with Gasteiger partial charge in [0.05, 0.1) is 6.54 Å². The van der Waals surface area contributed by atoms with Crippen molar-refractivity contribution in [3.8, 4) is 0 Å². The third-order valence-electron chi connectivity index (χ3n) is 7.57. The van der Waals surface area contributed by atoms with Crippen molar-refractivity contribution < 1.29 is 33.5 Å². The van der Waals surface area contributed by atoms with Gasteiger partial charge in [0.25, 0.3) is 0 Å². The number of nitrogens with one attached hydrogen (secondary N) is 5. The Kier molecular flexibility index (Phi) is 18.6. The number of ether oxygens (including phenoxy) is 1. The number of aromatic nitrogens is 2. The summed E-state index contributed by atoms with van der Waals surface area (Å²) in [5.74, 6) is -5.59. The number of nitrogens with two attached hydrogens (primary N) is 4. The van der Waals surface area contributed by atoms with Gasteiger partial charge in [-0.1, -0.05) is 69.6 Å². The third kappa shape index (κ3) is 15.6. The summed E-state index contributed by atoms with van der Waals surface area (Å²) in [4.78, 5) is 88.6. The molecule has 1 aromatic heterocycles. The first kappa shape index (κ1) is 44.6. The summed E-state index contributed by atoms with van der Waals surface area (Å²) in [6.45, 7) is 6.70. The molecule has 0 aliphatic carbocycles. The number of unbranched alkanes of at least 4 members (excludes halogenated alkanes) is 1. The molecular weight excluding hydrogens is 724 g/mol. The molecule has 0 unspecified atom stereocenters. The zero-order valence-electron chi connectivity index (χ0n) is 30.8. The average molecular weight is 775 g/mol. The van der Waals surface area contributed by atoms with E-state index in [2.05, 4.69) is 41.5 Å². The van der Waals surface area contributed by atoms with Gasteiger partial charge in [-0.25, -0.2) is 9.97 Å². The fourth-order valence-electron chi connectivity index (χ4n) is 4.84. The van der Waals surface area contributed by atoms with Gasteiger partial charge >= 0.3 is 11.9 Å². The molecule has 0 spiro atoms. The molecule has 296 valence electrons. The maximum Gasteiger partial charge on any atom is 0.325 e. The van der Waals surface area contributed by atoms with Crippen LogP contribution in [0.25, 0.3) is 0 Å². The van der Waals surface area contributed by atoms with Gasteiger partial charge in [-0.05, 0) is 49.6 Å². The Bertz CT molecular complexity index is 1640. The fourth-order valence-corrected chi connectivity index (χ4v) is 5.02. The standard InChI is InChI=1S/C34H51ClN12O7/c1-18(2)14-22(43-32(52)25(19(3)4)45-29-27(35)44-26(28(37)46-29)33(53)47-34(38)39)31(51)42-21(12-8-9-13-36)30(50)41-15-23(48)40-16-24(49)54-17-20-10-6-5-7-11-20/h5-7,10-11,18-19,21-22,25H,8-9,12-17,36H2,1-4H3,(H,40,48)(H,41,50)(H,42,51)(H,43,52)(H3,37,45,46)(H4,38,39,47,53)/t21-,22-,25-/m0/s1. The number of hydrogen-bond donors (Lipinski definition) is 9. The highest BCUT2D eigenvalue weighted by molar-refractivity contribution is 6.32. The summed E-state index contributed by atoms with van der Waals surface area (Å²) in [6.07, 6.45) is 1.45. The molecule has 1 heterocycles. The summed E-state index contributed by atoms with van der Waals surface area (Å²) in [5.41, 5.74) is 22.4. The van der Waals surface area contributed by atoms with E-state index < -0.39 is 78.4 Å². The summed E-state index contributed by atoms with van der Waals surface area (Å²) in [6, 6.07) is 5.84. The SMILES string of the molecule is CC(C)C[C@H](NC(=O)[C@@H](Nc1nc(N)c(C(=O)N=C(N)N)nc1Cl)C(C)C)C(=O)N[C@@H](CCCCN)C(=O)NCC(=O)NCC(=O)OCc1ccccc1. The van der Waals surface area contributed by atoms with Crippen LogP contribution in [0.1, 0.15) is 69.4 Å². The lowest BCUT2D eigenvalue weighted by Crippen LogP contribution is -2.57. The molecule has 0 saturated heterocycles. The van der Waals surface area contributed by atoms with Crippen molar-refractivity contribution in [2.75, 3.05) is 30.7 Å². The van der Waals surface area contributed by atoms with E-state index in [9.17, 15) is 28.8 Å². The Morgan fingerprint density at radius 1 is 0.870 bits per heavy atom. The van der Waals surface area contributed by atoms with E-state index in [4.69, 9.17) is 39.3 Å². The Morgan fingerprint density at radius 2 is 1.54 bits per heavy atom. The lowest BCUT2D eigenvalue weighted by atomic mass is 9.99. The number of anilines is 2. The minimum absolute atomic E-state index is 0.0429. The van der Waals surface area contributed by atoms with Crippen LogP contribution < -0.4 is 49.5 Å². The first-order valence-corrected chi connectivity index (χ1v) is 17.7. The molecule has 0 fully saturated rings. The second kappa shape index (κ2) is 22.5. The molecule has 54 heavy (non-hydrogen) atoms. The highest BCUT2D eigenvalue weighted by atomic mass is 35.5. The van der Waals surface area contributed by atoms with Crippen LogP contribution in [0.2, 0.25) is 5.15 Å². The molecule has 20 heteroatoms. The lowest BCUT2D eigenvalue weighted by Gasteiger charge is -2.28. The summed E-state index contributed by atoms with van der Waals surface area (Å²) in [5, 5.41) is 12.9. The fraction of sp³-hybridized carbons (Fsp3) is 0.500. The lowest BCUT2D eigenvalue weighted by molar-refractivity contribution is -0.145. The van der Waals surface area contributed by atoms with Crippen molar-refractivity contribution in [3.63, 3.8) is 0 Å². The van der Waals surface area contributed by atoms with Crippen molar-refractivity contribution in [1.29, 1.82) is 0 Å². The number of rotatable bonds is 21. The Morgan fingerprint density at radius 3 is 2.15 bits per heavy atom. The zero-order valence-corrected chi connectivity index (χ0v) is 31.6. The number of esters is 1. The highest BCUT2D eigenvalue weighted by Crippen LogP contribution is 2.23. The molecule has 0 saturated carbocycles. The van der Waals surface area contributed by atoms with Crippen LogP contribution in [0.15, 0.2) is 35.3 Å². The van der Waals surface area contributed by atoms with Gasteiger partial charge in [0.15, 0.2) is 28.4 Å². The van der Waals surface area contributed by atoms with Crippen molar-refractivity contribution in [3.05, 3.63) is 46.7 Å². The number of carbonyl (C=O) groups excluding carboxylic acids is 6. The molecule has 13 N–H and O–H groups in total. The van der Waals surface area contributed by atoms with Gasteiger partial charge in [-0.3, -0.25) is 28.8 Å². The Balaban J connectivity index is 2.10. The van der Waals surface area contributed by atoms with Gasteiger partial charge in [0, 0.05) is 0 Å². The minimum Gasteiger partial charge on any atom is -0.460 e. The molecule has 0 aliphatic rings. The molecule has 2 aromatic rings. The van der Waals surface area contributed by atoms with Crippen molar-refractivity contribution in [2.24, 2.45) is 34.0 Å². The van der Waals surface area contributed by atoms with Crippen LogP contribution in [0, 0.1) is 11.8 Å². The average Bonchev–Trinajstić information content (AvgIpc) is 3.11. The van der Waals surface area contributed by atoms with Crippen molar-refractivity contribution in [1.82, 2.24) is 31.2 Å². The summed E-state index contributed by atoms with van der Waals surface area (Å²) < 4.78 is 5.14. The van der Waals surface area contributed by atoms with E-state index >= 15 is 0 Å². The highest BCUT2D eigenvalue weighted by Gasteiger charge is 2.32. The van der Waals surface area contributed by atoms with Gasteiger partial charge in [0.1, 0.15) is 31.3 Å². The number of guanidine groups is 1.